The van der Waals surface area contributed by atoms with Gasteiger partial charge in [-0.15, -0.1) is 0 Å². The molecule has 1 saturated heterocycles. The Kier molecular flexibility index (Phi) is 3.41. The summed E-state index contributed by atoms with van der Waals surface area (Å²) < 4.78 is 10.3. The van der Waals surface area contributed by atoms with Gasteiger partial charge in [0.05, 0.1) is 0 Å². The quantitative estimate of drug-likeness (QED) is 0.673. The van der Waals surface area contributed by atoms with Crippen molar-refractivity contribution in [1.82, 2.24) is 5.32 Å². The van der Waals surface area contributed by atoms with Gasteiger partial charge in [-0.1, -0.05) is 36.4 Å². The SMILES string of the molecule is O=C(N[C@@H]1C(=O)O[C@@H]2C=CC[C@H]12)OCc1ccccc1. The second-order valence-electron chi connectivity index (χ2n) is 4.91. The summed E-state index contributed by atoms with van der Waals surface area (Å²) in [5, 5.41) is 2.59. The van der Waals surface area contributed by atoms with Gasteiger partial charge < -0.3 is 14.8 Å². The summed E-state index contributed by atoms with van der Waals surface area (Å²) in [4.78, 5) is 23.4. The van der Waals surface area contributed by atoms with Gasteiger partial charge in [0.15, 0.2) is 0 Å². The Labute approximate surface area is 116 Å². The maximum Gasteiger partial charge on any atom is 0.408 e. The summed E-state index contributed by atoms with van der Waals surface area (Å²) in [6, 6.07) is 8.77. The van der Waals surface area contributed by atoms with Gasteiger partial charge in [-0.25, -0.2) is 9.59 Å². The van der Waals surface area contributed by atoms with Crippen LogP contribution in [-0.4, -0.2) is 24.2 Å². The molecule has 1 amide bonds. The molecule has 1 aromatic carbocycles. The third kappa shape index (κ3) is 2.52. The predicted octanol–water partition coefficient (Wildman–Crippen LogP) is 1.78. The number of nitrogens with one attached hydrogen (secondary N) is 1. The second-order valence-corrected chi connectivity index (χ2v) is 4.91. The standard InChI is InChI=1S/C15H15NO4/c17-14-13(11-7-4-8-12(11)20-14)16-15(18)19-9-10-5-2-1-3-6-10/h1-6,8,11-13H,7,9H2,(H,16,18)/t11-,12+,13-/m0/s1. The van der Waals surface area contributed by atoms with E-state index in [1.54, 1.807) is 0 Å². The fourth-order valence-corrected chi connectivity index (χ4v) is 2.54. The summed E-state index contributed by atoms with van der Waals surface area (Å²) in [6.45, 7) is 0.181. The highest BCUT2D eigenvalue weighted by atomic mass is 16.6. The number of hydrogen-bond donors (Lipinski definition) is 1. The molecule has 3 rings (SSSR count). The zero-order valence-electron chi connectivity index (χ0n) is 10.8. The summed E-state index contributed by atoms with van der Waals surface area (Å²) in [7, 11) is 0. The van der Waals surface area contributed by atoms with Gasteiger partial charge in [0, 0.05) is 5.92 Å². The maximum atomic E-state index is 11.7. The Morgan fingerprint density at radius 2 is 2.15 bits per heavy atom. The zero-order valence-corrected chi connectivity index (χ0v) is 10.8. The maximum absolute atomic E-state index is 11.7. The van der Waals surface area contributed by atoms with Crippen molar-refractivity contribution in [3.63, 3.8) is 0 Å². The van der Waals surface area contributed by atoms with Crippen molar-refractivity contribution in [1.29, 1.82) is 0 Å². The molecule has 1 aromatic rings. The van der Waals surface area contributed by atoms with Crippen LogP contribution in [0.1, 0.15) is 12.0 Å². The van der Waals surface area contributed by atoms with Crippen LogP contribution in [0, 0.1) is 5.92 Å². The predicted molar refractivity (Wildman–Crippen MR) is 70.7 cm³/mol. The van der Waals surface area contributed by atoms with E-state index in [1.165, 1.54) is 0 Å². The molecular weight excluding hydrogens is 258 g/mol. The van der Waals surface area contributed by atoms with Crippen molar-refractivity contribution in [2.75, 3.05) is 0 Å². The fourth-order valence-electron chi connectivity index (χ4n) is 2.54. The lowest BCUT2D eigenvalue weighted by Gasteiger charge is -2.15. The average molecular weight is 273 g/mol. The number of rotatable bonds is 3. The fraction of sp³-hybridized carbons (Fsp3) is 0.333. The third-order valence-electron chi connectivity index (χ3n) is 3.58. The van der Waals surface area contributed by atoms with E-state index in [9.17, 15) is 9.59 Å². The molecule has 1 aliphatic heterocycles. The van der Waals surface area contributed by atoms with E-state index in [2.05, 4.69) is 5.32 Å². The smallest absolute Gasteiger partial charge is 0.408 e. The first-order valence-electron chi connectivity index (χ1n) is 6.58. The largest absolute Gasteiger partial charge is 0.456 e. The number of benzene rings is 1. The van der Waals surface area contributed by atoms with Crippen LogP contribution in [-0.2, 0) is 20.9 Å². The van der Waals surface area contributed by atoms with Gasteiger partial charge in [0.1, 0.15) is 18.8 Å². The molecule has 5 heteroatoms. The summed E-state index contributed by atoms with van der Waals surface area (Å²) in [5.41, 5.74) is 0.900. The minimum absolute atomic E-state index is 0.00762. The Morgan fingerprint density at radius 3 is 2.95 bits per heavy atom. The highest BCUT2D eigenvalue weighted by Gasteiger charge is 2.45. The lowest BCUT2D eigenvalue weighted by atomic mass is 9.98. The van der Waals surface area contributed by atoms with E-state index in [0.717, 1.165) is 12.0 Å². The van der Waals surface area contributed by atoms with Crippen molar-refractivity contribution in [3.05, 3.63) is 48.0 Å². The molecule has 0 spiro atoms. The highest BCUT2D eigenvalue weighted by Crippen LogP contribution is 2.31. The molecule has 1 heterocycles. The van der Waals surface area contributed by atoms with Crippen molar-refractivity contribution in [3.8, 4) is 0 Å². The van der Waals surface area contributed by atoms with Crippen LogP contribution in [0.4, 0.5) is 4.79 Å². The van der Waals surface area contributed by atoms with Crippen LogP contribution in [0.3, 0.4) is 0 Å². The van der Waals surface area contributed by atoms with Gasteiger partial charge >= 0.3 is 12.1 Å². The molecule has 20 heavy (non-hydrogen) atoms. The molecule has 3 atom stereocenters. The summed E-state index contributed by atoms with van der Waals surface area (Å²) >= 11 is 0. The summed E-state index contributed by atoms with van der Waals surface area (Å²) in [5.74, 6) is -0.396. The molecule has 0 bridgehead atoms. The first-order valence-corrected chi connectivity index (χ1v) is 6.58. The molecule has 0 aromatic heterocycles. The minimum atomic E-state index is -0.613. The number of carbonyl (C=O) groups is 2. The third-order valence-corrected chi connectivity index (χ3v) is 3.58. The lowest BCUT2D eigenvalue weighted by molar-refractivity contribution is -0.141. The van der Waals surface area contributed by atoms with E-state index >= 15 is 0 Å². The monoisotopic (exact) mass is 273 g/mol. The molecule has 0 radical (unpaired) electrons. The first kappa shape index (κ1) is 12.7. The van der Waals surface area contributed by atoms with Crippen LogP contribution < -0.4 is 5.32 Å². The number of esters is 1. The van der Waals surface area contributed by atoms with Gasteiger partial charge in [-0.05, 0) is 18.1 Å². The van der Waals surface area contributed by atoms with E-state index < -0.39 is 12.1 Å². The van der Waals surface area contributed by atoms with Crippen LogP contribution in [0.25, 0.3) is 0 Å². The van der Waals surface area contributed by atoms with Gasteiger partial charge in [-0.2, -0.15) is 0 Å². The topological polar surface area (TPSA) is 64.6 Å². The number of amides is 1. The molecule has 1 aliphatic carbocycles. The molecule has 2 aliphatic rings. The number of fused-ring (bicyclic) bond motifs is 1. The van der Waals surface area contributed by atoms with Crippen LogP contribution in [0.5, 0.6) is 0 Å². The van der Waals surface area contributed by atoms with Crippen molar-refractivity contribution in [2.45, 2.75) is 25.2 Å². The van der Waals surface area contributed by atoms with Gasteiger partial charge in [0.2, 0.25) is 0 Å². The van der Waals surface area contributed by atoms with E-state index in [0.29, 0.717) is 0 Å². The van der Waals surface area contributed by atoms with Crippen LogP contribution in [0.2, 0.25) is 0 Å². The van der Waals surface area contributed by atoms with Gasteiger partial charge in [0.25, 0.3) is 0 Å². The zero-order chi connectivity index (χ0) is 13.9. The van der Waals surface area contributed by atoms with Crippen molar-refractivity contribution >= 4 is 12.1 Å². The highest BCUT2D eigenvalue weighted by molar-refractivity contribution is 5.84. The Balaban J connectivity index is 1.53. The normalized spacial score (nSPS) is 27.0. The molecular formula is C15H15NO4. The average Bonchev–Trinajstić information content (AvgIpc) is 3.01. The number of ether oxygens (including phenoxy) is 2. The molecule has 0 unspecified atom stereocenters. The molecule has 1 fully saturated rings. The van der Waals surface area contributed by atoms with E-state index in [1.807, 2.05) is 42.5 Å². The Morgan fingerprint density at radius 1 is 1.35 bits per heavy atom. The minimum Gasteiger partial charge on any atom is -0.456 e. The van der Waals surface area contributed by atoms with Crippen molar-refractivity contribution < 1.29 is 19.1 Å². The number of allylic oxidation sites excluding steroid dienone is 1. The summed E-state index contributed by atoms with van der Waals surface area (Å²) in [6.07, 6.45) is 3.76. The van der Waals surface area contributed by atoms with Crippen molar-refractivity contribution in [2.24, 2.45) is 5.92 Å². The number of carbonyl (C=O) groups excluding carboxylic acids is 2. The van der Waals surface area contributed by atoms with Crippen LogP contribution in [0.15, 0.2) is 42.5 Å². The van der Waals surface area contributed by atoms with Crippen LogP contribution >= 0.6 is 0 Å². The van der Waals surface area contributed by atoms with E-state index in [4.69, 9.17) is 9.47 Å². The first-order chi connectivity index (χ1) is 9.74. The number of hydrogen-bond acceptors (Lipinski definition) is 4. The molecule has 104 valence electrons. The van der Waals surface area contributed by atoms with Gasteiger partial charge in [-0.3, -0.25) is 0 Å². The lowest BCUT2D eigenvalue weighted by Crippen LogP contribution is -2.42. The second kappa shape index (κ2) is 5.36. The Hall–Kier alpha value is -2.30. The molecule has 1 N–H and O–H groups in total. The number of alkyl carbamates (subject to hydrolysis) is 1. The molecule has 0 saturated carbocycles. The Bertz CT molecular complexity index is 540. The molecule has 5 nitrogen and oxygen atoms in total. The van der Waals surface area contributed by atoms with E-state index in [-0.39, 0.29) is 24.6 Å².